The van der Waals surface area contributed by atoms with Gasteiger partial charge >= 0.3 is 0 Å². The van der Waals surface area contributed by atoms with E-state index in [0.29, 0.717) is 0 Å². The van der Waals surface area contributed by atoms with Gasteiger partial charge in [0.25, 0.3) is 0 Å². The van der Waals surface area contributed by atoms with Crippen LogP contribution in [0, 0.1) is 0 Å². The third-order valence-electron chi connectivity index (χ3n) is 2.02. The molecule has 0 bridgehead atoms. The first-order chi connectivity index (χ1) is 6.24. The maximum absolute atomic E-state index is 3.47. The van der Waals surface area contributed by atoms with E-state index in [1.807, 2.05) is 0 Å². The number of unbranched alkanes of at least 4 members (excludes halogenated alkanes) is 1. The van der Waals surface area contributed by atoms with E-state index < -0.39 is 0 Å². The van der Waals surface area contributed by atoms with Gasteiger partial charge in [0, 0.05) is 4.47 Å². The first kappa shape index (κ1) is 10.5. The molecule has 70 valence electrons. The molecule has 0 aromatic heterocycles. The molecule has 0 aliphatic rings. The van der Waals surface area contributed by atoms with E-state index >= 15 is 0 Å². The summed E-state index contributed by atoms with van der Waals surface area (Å²) in [7, 11) is 0. The lowest BCUT2D eigenvalue weighted by Crippen LogP contribution is -1.79. The lowest BCUT2D eigenvalue weighted by molar-refractivity contribution is 0.959. The molecule has 0 unspecified atom stereocenters. The summed E-state index contributed by atoms with van der Waals surface area (Å²) in [6.07, 6.45) is 4.67. The zero-order valence-corrected chi connectivity index (χ0v) is 9.76. The SMILES string of the molecule is CCC/C=C(\C)c1cccc(Br)c1. The van der Waals surface area contributed by atoms with E-state index in [0.717, 1.165) is 4.47 Å². The topological polar surface area (TPSA) is 0 Å². The molecule has 0 nitrogen and oxygen atoms in total. The van der Waals surface area contributed by atoms with Gasteiger partial charge in [0.1, 0.15) is 0 Å². The summed E-state index contributed by atoms with van der Waals surface area (Å²) in [5.74, 6) is 0. The average molecular weight is 239 g/mol. The smallest absolute Gasteiger partial charge is 0.0181 e. The zero-order chi connectivity index (χ0) is 9.68. The van der Waals surface area contributed by atoms with E-state index in [1.165, 1.54) is 24.0 Å². The Morgan fingerprint density at radius 2 is 2.23 bits per heavy atom. The monoisotopic (exact) mass is 238 g/mol. The second-order valence-electron chi connectivity index (χ2n) is 3.19. The van der Waals surface area contributed by atoms with Crippen LogP contribution in [0.1, 0.15) is 32.3 Å². The fraction of sp³-hybridized carbons (Fsp3) is 0.333. The van der Waals surface area contributed by atoms with Gasteiger partial charge in [-0.15, -0.1) is 0 Å². The molecule has 0 heterocycles. The molecule has 0 saturated heterocycles. The van der Waals surface area contributed by atoms with Gasteiger partial charge in [-0.3, -0.25) is 0 Å². The van der Waals surface area contributed by atoms with Crippen LogP contribution >= 0.6 is 15.9 Å². The van der Waals surface area contributed by atoms with Crippen LogP contribution in [0.2, 0.25) is 0 Å². The van der Waals surface area contributed by atoms with Gasteiger partial charge in [0.15, 0.2) is 0 Å². The molecule has 0 saturated carbocycles. The number of hydrogen-bond acceptors (Lipinski definition) is 0. The van der Waals surface area contributed by atoms with Crippen LogP contribution in [0.15, 0.2) is 34.8 Å². The van der Waals surface area contributed by atoms with Gasteiger partial charge in [-0.2, -0.15) is 0 Å². The molecule has 0 fully saturated rings. The Labute approximate surface area is 88.8 Å². The fourth-order valence-corrected chi connectivity index (χ4v) is 1.61. The van der Waals surface area contributed by atoms with Crippen molar-refractivity contribution < 1.29 is 0 Å². The Bertz CT molecular complexity index is 300. The number of rotatable bonds is 3. The largest absolute Gasteiger partial charge is 0.0810 e. The summed E-state index contributed by atoms with van der Waals surface area (Å²) in [4.78, 5) is 0. The van der Waals surface area contributed by atoms with Gasteiger partial charge in [-0.1, -0.05) is 47.5 Å². The Balaban J connectivity index is 2.82. The molecule has 0 spiro atoms. The van der Waals surface area contributed by atoms with Crippen LogP contribution in [0.25, 0.3) is 5.57 Å². The van der Waals surface area contributed by atoms with Crippen molar-refractivity contribution in [3.05, 3.63) is 40.4 Å². The minimum absolute atomic E-state index is 1.15. The molecule has 1 aromatic carbocycles. The Morgan fingerprint density at radius 1 is 1.46 bits per heavy atom. The molecule has 0 amide bonds. The maximum Gasteiger partial charge on any atom is 0.0181 e. The number of hydrogen-bond donors (Lipinski definition) is 0. The van der Waals surface area contributed by atoms with Gasteiger partial charge in [0.2, 0.25) is 0 Å². The van der Waals surface area contributed by atoms with E-state index in [1.54, 1.807) is 0 Å². The van der Waals surface area contributed by atoms with Gasteiger partial charge < -0.3 is 0 Å². The van der Waals surface area contributed by atoms with Gasteiger partial charge in [0.05, 0.1) is 0 Å². The van der Waals surface area contributed by atoms with Crippen molar-refractivity contribution in [1.29, 1.82) is 0 Å². The fourth-order valence-electron chi connectivity index (χ4n) is 1.21. The number of halogens is 1. The number of allylic oxidation sites excluding steroid dienone is 2. The summed E-state index contributed by atoms with van der Waals surface area (Å²) >= 11 is 3.47. The highest BCUT2D eigenvalue weighted by Crippen LogP contribution is 2.19. The van der Waals surface area contributed by atoms with Crippen LogP contribution in [-0.4, -0.2) is 0 Å². The zero-order valence-electron chi connectivity index (χ0n) is 8.18. The van der Waals surface area contributed by atoms with Crippen LogP contribution in [-0.2, 0) is 0 Å². The van der Waals surface area contributed by atoms with Crippen molar-refractivity contribution in [3.63, 3.8) is 0 Å². The second-order valence-corrected chi connectivity index (χ2v) is 4.10. The Kier molecular flexibility index (Phi) is 4.23. The Hall–Kier alpha value is -0.560. The highest BCUT2D eigenvalue weighted by Gasteiger charge is 1.94. The molecule has 0 N–H and O–H groups in total. The average Bonchev–Trinajstić information content (AvgIpc) is 2.14. The van der Waals surface area contributed by atoms with Crippen LogP contribution in [0.5, 0.6) is 0 Å². The van der Waals surface area contributed by atoms with Crippen LogP contribution in [0.4, 0.5) is 0 Å². The van der Waals surface area contributed by atoms with E-state index in [2.05, 4.69) is 60.1 Å². The minimum Gasteiger partial charge on any atom is -0.0810 e. The van der Waals surface area contributed by atoms with Crippen LogP contribution < -0.4 is 0 Å². The molecular weight excluding hydrogens is 224 g/mol. The third kappa shape index (κ3) is 3.35. The summed E-state index contributed by atoms with van der Waals surface area (Å²) in [5, 5.41) is 0. The number of benzene rings is 1. The maximum atomic E-state index is 3.47. The van der Waals surface area contributed by atoms with E-state index in [9.17, 15) is 0 Å². The molecule has 13 heavy (non-hydrogen) atoms. The van der Waals surface area contributed by atoms with Crippen LogP contribution in [0.3, 0.4) is 0 Å². The normalized spacial score (nSPS) is 11.8. The molecule has 0 aliphatic heterocycles. The quantitative estimate of drug-likeness (QED) is 0.720. The summed E-state index contributed by atoms with van der Waals surface area (Å²) in [5.41, 5.74) is 2.67. The predicted molar refractivity (Wildman–Crippen MR) is 62.7 cm³/mol. The lowest BCUT2D eigenvalue weighted by atomic mass is 10.1. The highest BCUT2D eigenvalue weighted by molar-refractivity contribution is 9.10. The summed E-state index contributed by atoms with van der Waals surface area (Å²) < 4.78 is 1.15. The first-order valence-corrected chi connectivity index (χ1v) is 5.46. The van der Waals surface area contributed by atoms with Gasteiger partial charge in [-0.05, 0) is 36.6 Å². The van der Waals surface area contributed by atoms with Crippen molar-refractivity contribution in [3.8, 4) is 0 Å². The Morgan fingerprint density at radius 3 is 2.85 bits per heavy atom. The summed E-state index contributed by atoms with van der Waals surface area (Å²) in [6, 6.07) is 8.42. The lowest BCUT2D eigenvalue weighted by Gasteiger charge is -2.01. The molecule has 1 rings (SSSR count). The second kappa shape index (κ2) is 5.23. The van der Waals surface area contributed by atoms with Crippen molar-refractivity contribution in [2.24, 2.45) is 0 Å². The molecule has 0 radical (unpaired) electrons. The minimum atomic E-state index is 1.15. The van der Waals surface area contributed by atoms with Crippen molar-refractivity contribution >= 4 is 21.5 Å². The van der Waals surface area contributed by atoms with E-state index in [4.69, 9.17) is 0 Å². The van der Waals surface area contributed by atoms with E-state index in [-0.39, 0.29) is 0 Å². The van der Waals surface area contributed by atoms with Gasteiger partial charge in [-0.25, -0.2) is 0 Å². The standard InChI is InChI=1S/C12H15Br/c1-3-4-6-10(2)11-7-5-8-12(13)9-11/h5-9H,3-4H2,1-2H3/b10-6+. The molecule has 1 heteroatoms. The molecular formula is C12H15Br. The third-order valence-corrected chi connectivity index (χ3v) is 2.51. The summed E-state index contributed by atoms with van der Waals surface area (Å²) in [6.45, 7) is 4.36. The molecule has 1 aromatic rings. The first-order valence-electron chi connectivity index (χ1n) is 4.66. The predicted octanol–water partition coefficient (Wildman–Crippen LogP) is 4.65. The van der Waals surface area contributed by atoms with Crippen molar-refractivity contribution in [2.75, 3.05) is 0 Å². The van der Waals surface area contributed by atoms with Crippen molar-refractivity contribution in [1.82, 2.24) is 0 Å². The van der Waals surface area contributed by atoms with Crippen molar-refractivity contribution in [2.45, 2.75) is 26.7 Å². The molecule has 0 atom stereocenters. The molecule has 0 aliphatic carbocycles. The highest BCUT2D eigenvalue weighted by atomic mass is 79.9.